The Hall–Kier alpha value is -2.17. The lowest BCUT2D eigenvalue weighted by Gasteiger charge is -2.36. The minimum absolute atomic E-state index is 0.0391. The second-order valence-electron chi connectivity index (χ2n) is 7.45. The van der Waals surface area contributed by atoms with Crippen LogP contribution < -0.4 is 5.32 Å². The van der Waals surface area contributed by atoms with Crippen molar-refractivity contribution in [2.75, 3.05) is 6.61 Å². The van der Waals surface area contributed by atoms with E-state index < -0.39 is 26.2 Å². The molecular weight excluding hydrogens is 336 g/mol. The maximum atomic E-state index is 12.2. The molecule has 0 spiro atoms. The molecular formula is C18H26N2O4Si. The van der Waals surface area contributed by atoms with Gasteiger partial charge in [-0.15, -0.1) is 0 Å². The Morgan fingerprint density at radius 3 is 2.28 bits per heavy atom. The Morgan fingerprint density at radius 2 is 1.84 bits per heavy atom. The fourth-order valence-corrected chi connectivity index (χ4v) is 2.90. The molecule has 1 aromatic carbocycles. The molecule has 0 aliphatic rings. The number of aliphatic carboxylic acids is 1. The van der Waals surface area contributed by atoms with Crippen molar-refractivity contribution >= 4 is 20.2 Å². The average molecular weight is 363 g/mol. The molecule has 6 nitrogen and oxygen atoms in total. The monoisotopic (exact) mass is 362 g/mol. The van der Waals surface area contributed by atoms with Gasteiger partial charge in [-0.25, -0.2) is 4.79 Å². The van der Waals surface area contributed by atoms with Gasteiger partial charge in [-0.2, -0.15) is 5.26 Å². The first-order chi connectivity index (χ1) is 11.5. The van der Waals surface area contributed by atoms with Crippen LogP contribution >= 0.6 is 0 Å². The van der Waals surface area contributed by atoms with Crippen molar-refractivity contribution in [2.45, 2.75) is 51.4 Å². The molecule has 0 radical (unpaired) electrons. The second kappa shape index (κ2) is 8.27. The Bertz CT molecular complexity index is 657. The molecule has 0 bridgehead atoms. The van der Waals surface area contributed by atoms with E-state index in [2.05, 4.69) is 39.2 Å². The maximum absolute atomic E-state index is 12.2. The molecule has 0 unspecified atom stereocenters. The summed E-state index contributed by atoms with van der Waals surface area (Å²) in [5.74, 6) is -1.58. The van der Waals surface area contributed by atoms with Crippen LogP contribution in [-0.4, -0.2) is 37.9 Å². The fraction of sp³-hybridized carbons (Fsp3) is 0.500. The first kappa shape index (κ1) is 20.9. The highest BCUT2D eigenvalue weighted by atomic mass is 28.4. The van der Waals surface area contributed by atoms with E-state index in [1.807, 2.05) is 6.07 Å². The van der Waals surface area contributed by atoms with Crippen LogP contribution in [-0.2, 0) is 9.22 Å². The fourth-order valence-electron chi connectivity index (χ4n) is 1.84. The normalized spacial score (nSPS) is 13.0. The van der Waals surface area contributed by atoms with Crippen LogP contribution in [0.5, 0.6) is 0 Å². The summed E-state index contributed by atoms with van der Waals surface area (Å²) in [6.45, 7) is 10.8. The smallest absolute Gasteiger partial charge is 0.326 e. The van der Waals surface area contributed by atoms with Crippen LogP contribution in [0, 0.1) is 11.3 Å². The SMILES string of the molecule is CC(C)(C)[Si](C)(C)OCC[C@@H](NC(=O)c1ccc(C#N)cc1)C(=O)O. The van der Waals surface area contributed by atoms with Gasteiger partial charge in [0.05, 0.1) is 11.6 Å². The lowest BCUT2D eigenvalue weighted by Crippen LogP contribution is -2.44. The zero-order valence-corrected chi connectivity index (χ0v) is 16.4. The summed E-state index contributed by atoms with van der Waals surface area (Å²) in [5.41, 5.74) is 0.754. The van der Waals surface area contributed by atoms with E-state index in [-0.39, 0.29) is 18.1 Å². The topological polar surface area (TPSA) is 99.4 Å². The predicted octanol–water partition coefficient (Wildman–Crippen LogP) is 3.15. The van der Waals surface area contributed by atoms with E-state index in [0.717, 1.165) is 0 Å². The van der Waals surface area contributed by atoms with E-state index in [9.17, 15) is 14.7 Å². The van der Waals surface area contributed by atoms with Crippen LogP contribution in [0.4, 0.5) is 0 Å². The number of rotatable bonds is 7. The zero-order chi connectivity index (χ0) is 19.3. The third-order valence-corrected chi connectivity index (χ3v) is 9.09. The van der Waals surface area contributed by atoms with Crippen molar-refractivity contribution in [1.82, 2.24) is 5.32 Å². The molecule has 2 N–H and O–H groups in total. The quantitative estimate of drug-likeness (QED) is 0.726. The highest BCUT2D eigenvalue weighted by molar-refractivity contribution is 6.74. The van der Waals surface area contributed by atoms with Gasteiger partial charge >= 0.3 is 5.97 Å². The van der Waals surface area contributed by atoms with E-state index in [4.69, 9.17) is 9.69 Å². The van der Waals surface area contributed by atoms with Crippen molar-refractivity contribution in [3.8, 4) is 6.07 Å². The van der Waals surface area contributed by atoms with Gasteiger partial charge in [0.25, 0.3) is 5.91 Å². The molecule has 1 amide bonds. The van der Waals surface area contributed by atoms with Gasteiger partial charge < -0.3 is 14.8 Å². The lowest BCUT2D eigenvalue weighted by atomic mass is 10.1. The zero-order valence-electron chi connectivity index (χ0n) is 15.4. The number of nitrogens with zero attached hydrogens (tertiary/aromatic N) is 1. The first-order valence-corrected chi connectivity index (χ1v) is 11.1. The van der Waals surface area contributed by atoms with Gasteiger partial charge in [0.1, 0.15) is 6.04 Å². The molecule has 1 rings (SSSR count). The number of carbonyl (C=O) groups excluding carboxylic acids is 1. The van der Waals surface area contributed by atoms with Crippen molar-refractivity contribution in [2.24, 2.45) is 0 Å². The molecule has 0 fully saturated rings. The van der Waals surface area contributed by atoms with Gasteiger partial charge in [-0.1, -0.05) is 20.8 Å². The molecule has 0 aliphatic carbocycles. The summed E-state index contributed by atoms with van der Waals surface area (Å²) in [5, 5.41) is 20.7. The average Bonchev–Trinajstić information content (AvgIpc) is 2.52. The number of nitrogens with one attached hydrogen (secondary N) is 1. The Morgan fingerprint density at radius 1 is 1.28 bits per heavy atom. The van der Waals surface area contributed by atoms with Gasteiger partial charge in [0, 0.05) is 18.6 Å². The summed E-state index contributed by atoms with van der Waals surface area (Å²) in [7, 11) is -1.96. The van der Waals surface area contributed by atoms with Gasteiger partial charge in [-0.3, -0.25) is 4.79 Å². The Balaban J connectivity index is 2.67. The third kappa shape index (κ3) is 6.00. The lowest BCUT2D eigenvalue weighted by molar-refractivity contribution is -0.139. The summed E-state index contributed by atoms with van der Waals surface area (Å²) < 4.78 is 5.98. The number of carboxylic acid groups (broad SMARTS) is 1. The number of carboxylic acids is 1. The van der Waals surface area contributed by atoms with Gasteiger partial charge in [-0.05, 0) is 42.4 Å². The van der Waals surface area contributed by atoms with Crippen molar-refractivity contribution in [3.63, 3.8) is 0 Å². The summed E-state index contributed by atoms with van der Waals surface area (Å²) >= 11 is 0. The summed E-state index contributed by atoms with van der Waals surface area (Å²) in [6, 6.07) is 6.98. The second-order valence-corrected chi connectivity index (χ2v) is 12.3. The van der Waals surface area contributed by atoms with Crippen molar-refractivity contribution in [3.05, 3.63) is 35.4 Å². The highest BCUT2D eigenvalue weighted by Gasteiger charge is 2.37. The Labute approximate surface area is 149 Å². The first-order valence-electron chi connectivity index (χ1n) is 8.16. The number of hydrogen-bond acceptors (Lipinski definition) is 4. The van der Waals surface area contributed by atoms with Crippen LogP contribution in [0.1, 0.15) is 43.1 Å². The van der Waals surface area contributed by atoms with Crippen molar-refractivity contribution in [1.29, 1.82) is 5.26 Å². The van der Waals surface area contributed by atoms with Crippen LogP contribution in [0.3, 0.4) is 0 Å². The molecule has 0 aromatic heterocycles. The number of nitriles is 1. The van der Waals surface area contributed by atoms with Crippen molar-refractivity contribution < 1.29 is 19.1 Å². The van der Waals surface area contributed by atoms with E-state index in [0.29, 0.717) is 11.1 Å². The van der Waals surface area contributed by atoms with Crippen LogP contribution in [0.25, 0.3) is 0 Å². The third-order valence-electron chi connectivity index (χ3n) is 4.56. The largest absolute Gasteiger partial charge is 0.480 e. The minimum Gasteiger partial charge on any atom is -0.480 e. The van der Waals surface area contributed by atoms with Crippen LogP contribution in [0.2, 0.25) is 18.1 Å². The summed E-state index contributed by atoms with van der Waals surface area (Å²) in [6.07, 6.45) is 0.198. The number of carbonyl (C=O) groups is 2. The number of amides is 1. The highest BCUT2D eigenvalue weighted by Crippen LogP contribution is 2.36. The molecule has 1 atom stereocenters. The van der Waals surface area contributed by atoms with Gasteiger partial charge in [0.2, 0.25) is 0 Å². The van der Waals surface area contributed by atoms with E-state index in [1.54, 1.807) is 0 Å². The molecule has 0 saturated carbocycles. The molecule has 0 aliphatic heterocycles. The molecule has 1 aromatic rings. The maximum Gasteiger partial charge on any atom is 0.326 e. The number of hydrogen-bond donors (Lipinski definition) is 2. The molecule has 136 valence electrons. The predicted molar refractivity (Wildman–Crippen MR) is 97.8 cm³/mol. The van der Waals surface area contributed by atoms with E-state index >= 15 is 0 Å². The van der Waals surface area contributed by atoms with E-state index in [1.165, 1.54) is 24.3 Å². The minimum atomic E-state index is -1.96. The molecule has 0 heterocycles. The standard InChI is InChI=1S/C18H26N2O4Si/c1-18(2,3)25(4,5)24-11-10-15(17(22)23)20-16(21)14-8-6-13(12-19)7-9-14/h6-9,15H,10-11H2,1-5H3,(H,20,21)(H,22,23)/t15-/m1/s1. The molecule has 7 heteroatoms. The number of benzene rings is 1. The Kier molecular flexibility index (Phi) is 6.91. The summed E-state index contributed by atoms with van der Waals surface area (Å²) in [4.78, 5) is 23.6. The molecule has 0 saturated heterocycles. The molecule has 25 heavy (non-hydrogen) atoms. The van der Waals surface area contributed by atoms with Gasteiger partial charge in [0.15, 0.2) is 8.32 Å². The van der Waals surface area contributed by atoms with Crippen LogP contribution in [0.15, 0.2) is 24.3 Å².